The number of imide groups is 1. The first-order chi connectivity index (χ1) is 18.7. The number of nitrogens with zero attached hydrogens (tertiary/aromatic N) is 2. The Kier molecular flexibility index (Phi) is 9.19. The molecular formula is C27H22IN3O7S. The molecule has 0 saturated carbocycles. The van der Waals surface area contributed by atoms with Crippen LogP contribution in [0.2, 0.25) is 0 Å². The molecule has 0 atom stereocenters. The van der Waals surface area contributed by atoms with Gasteiger partial charge in [0.1, 0.15) is 24.7 Å². The number of ether oxygens (including phenoxy) is 2. The second-order valence-corrected chi connectivity index (χ2v) is 10.3. The summed E-state index contributed by atoms with van der Waals surface area (Å²) >= 11 is 2.88. The molecule has 1 saturated heterocycles. The van der Waals surface area contributed by atoms with Crippen LogP contribution in [0.15, 0.2) is 71.6 Å². The molecule has 1 aliphatic rings. The number of benzene rings is 3. The average Bonchev–Trinajstić information content (AvgIpc) is 3.17. The van der Waals surface area contributed by atoms with Crippen LogP contribution in [0.5, 0.6) is 11.5 Å². The molecular weight excluding hydrogens is 637 g/mol. The first-order valence-electron chi connectivity index (χ1n) is 11.7. The van der Waals surface area contributed by atoms with Crippen LogP contribution in [0.1, 0.15) is 18.1 Å². The average molecular weight is 659 g/mol. The number of rotatable bonds is 10. The van der Waals surface area contributed by atoms with Crippen LogP contribution in [-0.4, -0.2) is 40.0 Å². The molecule has 1 N–H and O–H groups in total. The molecule has 0 spiro atoms. The number of carbonyl (C=O) groups is 3. The summed E-state index contributed by atoms with van der Waals surface area (Å²) in [6.45, 7) is 2.23. The standard InChI is InChI=1S/C27H22IN3O7S/c1-2-37-21-10-6-19(7-11-21)29-25(32)15-30-26(33)24(39-27(30)34)14-18-5-12-23(22(28)13-18)38-16-17-3-8-20(9-4-17)31(35)36/h3-14H,2,15-16H2,1H3,(H,29,32)/b24-14+. The number of nitro benzene ring substituents is 1. The van der Waals surface area contributed by atoms with Crippen molar-refractivity contribution in [3.05, 3.63) is 96.4 Å². The molecule has 0 bridgehead atoms. The molecule has 0 aliphatic carbocycles. The van der Waals surface area contributed by atoms with Crippen LogP contribution in [0.25, 0.3) is 6.08 Å². The first kappa shape index (κ1) is 28.1. The monoisotopic (exact) mass is 659 g/mol. The molecule has 0 radical (unpaired) electrons. The summed E-state index contributed by atoms with van der Waals surface area (Å²) in [5, 5.41) is 12.9. The van der Waals surface area contributed by atoms with E-state index in [0.29, 0.717) is 29.4 Å². The summed E-state index contributed by atoms with van der Waals surface area (Å²) in [6, 6.07) is 18.2. The van der Waals surface area contributed by atoms with Crippen molar-refractivity contribution in [2.75, 3.05) is 18.5 Å². The molecule has 3 amide bonds. The summed E-state index contributed by atoms with van der Waals surface area (Å²) < 4.78 is 12.0. The molecule has 4 rings (SSSR count). The lowest BCUT2D eigenvalue weighted by molar-refractivity contribution is -0.384. The molecule has 12 heteroatoms. The number of nitrogens with one attached hydrogen (secondary N) is 1. The van der Waals surface area contributed by atoms with Crippen molar-refractivity contribution >= 4 is 68.9 Å². The zero-order chi connectivity index (χ0) is 27.9. The van der Waals surface area contributed by atoms with E-state index >= 15 is 0 Å². The third-order valence-electron chi connectivity index (χ3n) is 5.42. The molecule has 200 valence electrons. The molecule has 3 aromatic rings. The fraction of sp³-hybridized carbons (Fsp3) is 0.148. The predicted molar refractivity (Wildman–Crippen MR) is 156 cm³/mol. The highest BCUT2D eigenvalue weighted by atomic mass is 127. The maximum Gasteiger partial charge on any atom is 0.294 e. The Labute approximate surface area is 241 Å². The number of amides is 3. The van der Waals surface area contributed by atoms with Gasteiger partial charge in [-0.15, -0.1) is 0 Å². The maximum absolute atomic E-state index is 12.9. The van der Waals surface area contributed by atoms with Crippen LogP contribution >= 0.6 is 34.4 Å². The third kappa shape index (κ3) is 7.35. The van der Waals surface area contributed by atoms with Gasteiger partial charge >= 0.3 is 0 Å². The number of hydrogen-bond acceptors (Lipinski definition) is 8. The van der Waals surface area contributed by atoms with E-state index in [0.717, 1.165) is 25.8 Å². The predicted octanol–water partition coefficient (Wildman–Crippen LogP) is 5.85. The third-order valence-corrected chi connectivity index (χ3v) is 7.17. The summed E-state index contributed by atoms with van der Waals surface area (Å²) in [5.74, 6) is 0.239. The zero-order valence-corrected chi connectivity index (χ0v) is 23.6. The minimum atomic E-state index is -0.541. The van der Waals surface area contributed by atoms with E-state index in [1.807, 2.05) is 6.92 Å². The number of thioether (sulfide) groups is 1. The normalized spacial score (nSPS) is 14.0. The van der Waals surface area contributed by atoms with Crippen LogP contribution in [0.4, 0.5) is 16.2 Å². The highest BCUT2D eigenvalue weighted by molar-refractivity contribution is 14.1. The largest absolute Gasteiger partial charge is 0.494 e. The van der Waals surface area contributed by atoms with E-state index in [4.69, 9.17) is 9.47 Å². The van der Waals surface area contributed by atoms with Gasteiger partial charge in [-0.3, -0.25) is 29.4 Å². The van der Waals surface area contributed by atoms with E-state index in [-0.39, 0.29) is 17.2 Å². The van der Waals surface area contributed by atoms with Crippen molar-refractivity contribution in [3.63, 3.8) is 0 Å². The van der Waals surface area contributed by atoms with Crippen molar-refractivity contribution in [2.45, 2.75) is 13.5 Å². The lowest BCUT2D eigenvalue weighted by Gasteiger charge is -2.13. The summed E-state index contributed by atoms with van der Waals surface area (Å²) in [4.78, 5) is 49.2. The van der Waals surface area contributed by atoms with Crippen molar-refractivity contribution in [3.8, 4) is 11.5 Å². The maximum atomic E-state index is 12.9. The van der Waals surface area contributed by atoms with Gasteiger partial charge in [-0.2, -0.15) is 0 Å². The van der Waals surface area contributed by atoms with Gasteiger partial charge in [0, 0.05) is 17.8 Å². The Hall–Kier alpha value is -3.91. The second-order valence-electron chi connectivity index (χ2n) is 8.18. The molecule has 0 aromatic heterocycles. The molecule has 10 nitrogen and oxygen atoms in total. The van der Waals surface area contributed by atoms with Gasteiger partial charge in [-0.25, -0.2) is 0 Å². The van der Waals surface area contributed by atoms with Crippen LogP contribution in [0.3, 0.4) is 0 Å². The van der Waals surface area contributed by atoms with E-state index in [9.17, 15) is 24.5 Å². The van der Waals surface area contributed by atoms with Crippen molar-refractivity contribution in [2.24, 2.45) is 0 Å². The SMILES string of the molecule is CCOc1ccc(NC(=O)CN2C(=O)S/C(=C/c3ccc(OCc4ccc([N+](=O)[O-])cc4)c(I)c3)C2=O)cc1. The molecule has 0 unspecified atom stereocenters. The van der Waals surface area contributed by atoms with E-state index in [1.165, 1.54) is 12.1 Å². The summed E-state index contributed by atoms with van der Waals surface area (Å²) in [7, 11) is 0. The Morgan fingerprint density at radius 2 is 1.79 bits per heavy atom. The fourth-order valence-corrected chi connectivity index (χ4v) is 5.07. The van der Waals surface area contributed by atoms with E-state index < -0.39 is 28.5 Å². The fourth-order valence-electron chi connectivity index (χ4n) is 3.53. The Balaban J connectivity index is 1.35. The van der Waals surface area contributed by atoms with Crippen LogP contribution < -0.4 is 14.8 Å². The van der Waals surface area contributed by atoms with Gasteiger partial charge in [0.25, 0.3) is 16.8 Å². The number of non-ortho nitro benzene ring substituents is 1. The molecule has 1 fully saturated rings. The lowest BCUT2D eigenvalue weighted by atomic mass is 10.2. The van der Waals surface area contributed by atoms with Crippen LogP contribution in [-0.2, 0) is 16.2 Å². The molecule has 3 aromatic carbocycles. The van der Waals surface area contributed by atoms with Crippen LogP contribution in [0, 0.1) is 13.7 Å². The van der Waals surface area contributed by atoms with Gasteiger partial charge in [0.2, 0.25) is 5.91 Å². The topological polar surface area (TPSA) is 128 Å². The molecule has 1 heterocycles. The van der Waals surface area contributed by atoms with Gasteiger partial charge < -0.3 is 14.8 Å². The Morgan fingerprint density at radius 1 is 1.08 bits per heavy atom. The summed E-state index contributed by atoms with van der Waals surface area (Å²) in [5.41, 5.74) is 2.00. The number of hydrogen-bond donors (Lipinski definition) is 1. The van der Waals surface area contributed by atoms with Crippen molar-refractivity contribution < 1.29 is 28.8 Å². The Bertz CT molecular complexity index is 1440. The number of anilines is 1. The smallest absolute Gasteiger partial charge is 0.294 e. The zero-order valence-electron chi connectivity index (χ0n) is 20.6. The first-order valence-corrected chi connectivity index (χ1v) is 13.6. The van der Waals surface area contributed by atoms with Crippen molar-refractivity contribution in [1.82, 2.24) is 4.90 Å². The minimum absolute atomic E-state index is 0.00959. The highest BCUT2D eigenvalue weighted by Gasteiger charge is 2.36. The minimum Gasteiger partial charge on any atom is -0.494 e. The quantitative estimate of drug-likeness (QED) is 0.124. The van der Waals surface area contributed by atoms with Gasteiger partial charge in [-0.05, 0) is 107 Å². The van der Waals surface area contributed by atoms with E-state index in [1.54, 1.807) is 60.7 Å². The van der Waals surface area contributed by atoms with Crippen molar-refractivity contribution in [1.29, 1.82) is 0 Å². The number of nitro groups is 1. The lowest BCUT2D eigenvalue weighted by Crippen LogP contribution is -2.36. The highest BCUT2D eigenvalue weighted by Crippen LogP contribution is 2.33. The molecule has 39 heavy (non-hydrogen) atoms. The van der Waals surface area contributed by atoms with Gasteiger partial charge in [0.05, 0.1) is 20.0 Å². The number of carbonyl (C=O) groups excluding carboxylic acids is 3. The van der Waals surface area contributed by atoms with Gasteiger partial charge in [0.15, 0.2) is 0 Å². The summed E-state index contributed by atoms with van der Waals surface area (Å²) in [6.07, 6.45) is 1.59. The Morgan fingerprint density at radius 3 is 2.44 bits per heavy atom. The van der Waals surface area contributed by atoms with E-state index in [2.05, 4.69) is 27.9 Å². The van der Waals surface area contributed by atoms with Gasteiger partial charge in [-0.1, -0.05) is 6.07 Å². The number of halogens is 1. The second kappa shape index (κ2) is 12.8. The molecule has 1 aliphatic heterocycles.